The number of aliphatic hydroxyl groups excluding tert-OH is 1. The second-order valence-electron chi connectivity index (χ2n) is 12.5. The van der Waals surface area contributed by atoms with Crippen LogP contribution < -0.4 is 16.4 Å². The zero-order valence-corrected chi connectivity index (χ0v) is 26.5. The third kappa shape index (κ3) is 5.84. The summed E-state index contributed by atoms with van der Waals surface area (Å²) in [5.41, 5.74) is 2.17. The molecular weight excluding hydrogens is 591 g/mol. The minimum Gasteiger partial charge on any atom is -0.392 e. The molecule has 0 radical (unpaired) electrons. The van der Waals surface area contributed by atoms with E-state index < -0.39 is 18.0 Å². The zero-order chi connectivity index (χ0) is 32.7. The first-order chi connectivity index (χ1) is 22.0. The molecule has 1 aromatic carbocycles. The van der Waals surface area contributed by atoms with Crippen molar-refractivity contribution in [3.8, 4) is 16.9 Å². The van der Waals surface area contributed by atoms with Gasteiger partial charge in [-0.3, -0.25) is 19.2 Å². The van der Waals surface area contributed by atoms with Crippen LogP contribution in [0.1, 0.15) is 37.6 Å². The van der Waals surface area contributed by atoms with E-state index in [1.165, 1.54) is 23.0 Å². The van der Waals surface area contributed by atoms with Crippen LogP contribution in [0.2, 0.25) is 0 Å². The van der Waals surface area contributed by atoms with E-state index in [1.807, 2.05) is 31.5 Å². The monoisotopic (exact) mass is 628 g/mol. The summed E-state index contributed by atoms with van der Waals surface area (Å²) in [6, 6.07) is 8.42. The number of hydrogen-bond acceptors (Lipinski definition) is 9. The van der Waals surface area contributed by atoms with Crippen LogP contribution in [0.25, 0.3) is 27.7 Å². The zero-order valence-electron chi connectivity index (χ0n) is 26.5. The fraction of sp³-hybridized carbons (Fsp3) is 0.364. The molecule has 5 heterocycles. The fourth-order valence-corrected chi connectivity index (χ4v) is 5.79. The van der Waals surface area contributed by atoms with Crippen LogP contribution >= 0.6 is 0 Å². The number of halogens is 1. The third-order valence-electron chi connectivity index (χ3n) is 8.34. The predicted octanol–water partition coefficient (Wildman–Crippen LogP) is 3.48. The lowest BCUT2D eigenvalue weighted by Crippen LogP contribution is -2.35. The summed E-state index contributed by atoms with van der Waals surface area (Å²) in [6.07, 6.45) is 4.56. The first kappa shape index (κ1) is 31.3. The molecule has 0 unspecified atom stereocenters. The Labute approximate surface area is 264 Å². The van der Waals surface area contributed by atoms with E-state index in [1.54, 1.807) is 38.6 Å². The number of ether oxygens (including phenoxy) is 1. The highest BCUT2D eigenvalue weighted by Gasteiger charge is 2.22. The molecule has 1 aliphatic heterocycles. The molecule has 4 aromatic heterocycles. The summed E-state index contributed by atoms with van der Waals surface area (Å²) in [6.45, 7) is 9.17. The molecule has 12 nitrogen and oxygen atoms in total. The predicted molar refractivity (Wildman–Crippen MR) is 173 cm³/mol. The van der Waals surface area contributed by atoms with E-state index in [-0.39, 0.29) is 27.9 Å². The Morgan fingerprint density at radius 3 is 2.65 bits per heavy atom. The molecule has 1 aliphatic rings. The molecule has 0 amide bonds. The summed E-state index contributed by atoms with van der Waals surface area (Å²) >= 11 is 0. The summed E-state index contributed by atoms with van der Waals surface area (Å²) in [5.74, 6) is -0.0451. The molecule has 0 aliphatic carbocycles. The molecule has 0 spiro atoms. The molecule has 46 heavy (non-hydrogen) atoms. The average molecular weight is 629 g/mol. The highest BCUT2D eigenvalue weighted by Crippen LogP contribution is 2.30. The molecular formula is C33H37FN8O4. The number of aryl methyl sites for hydroxylation is 1. The Morgan fingerprint density at radius 1 is 1.11 bits per heavy atom. The number of fused-ring (bicyclic) bond motifs is 2. The Morgan fingerprint density at radius 2 is 1.91 bits per heavy atom. The number of aliphatic hydroxyl groups is 1. The molecule has 0 atom stereocenters. The van der Waals surface area contributed by atoms with Crippen molar-refractivity contribution < 1.29 is 14.2 Å². The van der Waals surface area contributed by atoms with Gasteiger partial charge < -0.3 is 19.7 Å². The van der Waals surface area contributed by atoms with Crippen molar-refractivity contribution in [1.82, 2.24) is 34.0 Å². The number of anilines is 2. The van der Waals surface area contributed by atoms with Crippen LogP contribution in [0.3, 0.4) is 0 Å². The van der Waals surface area contributed by atoms with Crippen molar-refractivity contribution in [3.05, 3.63) is 92.3 Å². The summed E-state index contributed by atoms with van der Waals surface area (Å²) < 4.78 is 24.9. The van der Waals surface area contributed by atoms with Gasteiger partial charge in [0, 0.05) is 68.8 Å². The molecule has 0 saturated carbocycles. The van der Waals surface area contributed by atoms with E-state index in [2.05, 4.69) is 25.4 Å². The normalized spacial score (nSPS) is 13.7. The SMILES string of the molecule is COCCN1CCn2nc(Nc3cc(-c4ccnc(-n5ncc6cc(C(C)(C)C)cc(F)c6c5=O)c4CO)cn(C)c3=O)cc2C1. The van der Waals surface area contributed by atoms with E-state index >= 15 is 4.39 Å². The second-order valence-corrected chi connectivity index (χ2v) is 12.5. The Balaban J connectivity index is 1.38. The van der Waals surface area contributed by atoms with Gasteiger partial charge >= 0.3 is 0 Å². The Kier molecular flexibility index (Phi) is 8.32. The first-order valence-corrected chi connectivity index (χ1v) is 15.1. The number of aromatic nitrogens is 6. The van der Waals surface area contributed by atoms with Gasteiger partial charge in [-0.25, -0.2) is 9.37 Å². The van der Waals surface area contributed by atoms with Gasteiger partial charge in [0.25, 0.3) is 11.1 Å². The summed E-state index contributed by atoms with van der Waals surface area (Å²) in [7, 11) is 3.32. The average Bonchev–Trinajstić information content (AvgIpc) is 3.42. The van der Waals surface area contributed by atoms with Crippen LogP contribution in [-0.2, 0) is 36.9 Å². The third-order valence-corrected chi connectivity index (χ3v) is 8.34. The van der Waals surface area contributed by atoms with E-state index in [0.717, 1.165) is 42.1 Å². The van der Waals surface area contributed by atoms with Gasteiger partial charge in [-0.1, -0.05) is 20.8 Å². The van der Waals surface area contributed by atoms with E-state index in [0.29, 0.717) is 34.5 Å². The van der Waals surface area contributed by atoms with E-state index in [4.69, 9.17) is 4.74 Å². The molecule has 0 bridgehead atoms. The van der Waals surface area contributed by atoms with Gasteiger partial charge in [0.15, 0.2) is 11.6 Å². The summed E-state index contributed by atoms with van der Waals surface area (Å²) in [4.78, 5) is 33.4. The first-order valence-electron chi connectivity index (χ1n) is 15.1. The number of nitrogens with one attached hydrogen (secondary N) is 1. The number of rotatable bonds is 8. The Bertz CT molecular complexity index is 2060. The lowest BCUT2D eigenvalue weighted by Gasteiger charge is -2.26. The maximum atomic E-state index is 15.3. The second kappa shape index (κ2) is 12.2. The minimum absolute atomic E-state index is 0.0642. The van der Waals surface area contributed by atoms with Crippen LogP contribution in [0.15, 0.2) is 58.5 Å². The smallest absolute Gasteiger partial charge is 0.283 e. The summed E-state index contributed by atoms with van der Waals surface area (Å²) in [5, 5.41) is 23.0. The molecule has 5 aromatic rings. The number of nitrogens with zero attached hydrogens (tertiary/aromatic N) is 7. The van der Waals surface area contributed by atoms with Crippen LogP contribution in [0, 0.1) is 5.82 Å². The van der Waals surface area contributed by atoms with Crippen LogP contribution in [0.4, 0.5) is 15.9 Å². The van der Waals surface area contributed by atoms with Gasteiger partial charge in [-0.2, -0.15) is 14.9 Å². The van der Waals surface area contributed by atoms with Gasteiger partial charge in [0.1, 0.15) is 11.5 Å². The molecule has 240 valence electrons. The lowest BCUT2D eigenvalue weighted by molar-refractivity contribution is 0.129. The number of methoxy groups -OCH3 is 1. The number of hydrogen-bond donors (Lipinski definition) is 2. The van der Waals surface area contributed by atoms with Crippen molar-refractivity contribution in [1.29, 1.82) is 0 Å². The number of benzene rings is 1. The van der Waals surface area contributed by atoms with Gasteiger partial charge in [0.2, 0.25) is 0 Å². The van der Waals surface area contributed by atoms with Crippen molar-refractivity contribution in [3.63, 3.8) is 0 Å². The van der Waals surface area contributed by atoms with Gasteiger partial charge in [-0.15, -0.1) is 0 Å². The molecule has 0 fully saturated rings. The molecule has 13 heteroatoms. The van der Waals surface area contributed by atoms with Crippen LogP contribution in [0.5, 0.6) is 0 Å². The maximum Gasteiger partial charge on any atom is 0.283 e. The fourth-order valence-electron chi connectivity index (χ4n) is 5.79. The highest BCUT2D eigenvalue weighted by molar-refractivity contribution is 5.83. The highest BCUT2D eigenvalue weighted by atomic mass is 19.1. The quantitative estimate of drug-likeness (QED) is 0.265. The maximum absolute atomic E-state index is 15.3. The lowest BCUT2D eigenvalue weighted by atomic mass is 9.86. The molecule has 6 rings (SSSR count). The minimum atomic E-state index is -0.692. The molecule has 2 N–H and O–H groups in total. The van der Waals surface area contributed by atoms with Crippen LogP contribution in [-0.4, -0.2) is 65.9 Å². The molecule has 0 saturated heterocycles. The van der Waals surface area contributed by atoms with Crippen molar-refractivity contribution in [2.75, 3.05) is 32.1 Å². The topological polar surface area (TPSA) is 132 Å². The van der Waals surface area contributed by atoms with Gasteiger partial charge in [0.05, 0.1) is 37.0 Å². The van der Waals surface area contributed by atoms with Crippen molar-refractivity contribution in [2.24, 2.45) is 7.05 Å². The van der Waals surface area contributed by atoms with Crippen molar-refractivity contribution in [2.45, 2.75) is 45.9 Å². The largest absolute Gasteiger partial charge is 0.392 e. The van der Waals surface area contributed by atoms with Gasteiger partial charge in [-0.05, 0) is 40.8 Å². The standard InChI is InChI=1S/C33H37FN8O4/c1-33(2,3)22-12-20-16-36-42(32(45)29(20)26(34)14-22)30-25(19-43)24(6-7-35-30)21-13-27(31(44)39(4)17-21)37-28-15-23-18-40(10-11-46-5)8-9-41(23)38-28/h6-7,12-17,43H,8-11,18-19H2,1-5H3,(H,37,38). The number of pyridine rings is 2. The van der Waals surface area contributed by atoms with Crippen molar-refractivity contribution >= 4 is 22.3 Å². The Hall–Kier alpha value is -4.72. The van der Waals surface area contributed by atoms with E-state index in [9.17, 15) is 14.7 Å².